The fraction of sp³-hybridized carbons (Fsp3) is 1.00. The highest BCUT2D eigenvalue weighted by Crippen LogP contribution is 2.62. The Morgan fingerprint density at radius 1 is 1.10 bits per heavy atom. The molecule has 0 heterocycles. The van der Waals surface area contributed by atoms with E-state index in [4.69, 9.17) is 0 Å². The second-order valence-electron chi connectivity index (χ2n) is 8.78. The highest BCUT2D eigenvalue weighted by Gasteiger charge is 2.57. The van der Waals surface area contributed by atoms with E-state index in [2.05, 4.69) is 20.8 Å². The lowest BCUT2D eigenvalue weighted by molar-refractivity contribution is -0.170. The van der Waals surface area contributed by atoms with Crippen LogP contribution in [-0.2, 0) is 0 Å². The van der Waals surface area contributed by atoms with Gasteiger partial charge in [-0.1, -0.05) is 27.2 Å². The molecule has 5 atom stereocenters. The summed E-state index contributed by atoms with van der Waals surface area (Å²) in [6.45, 7) is 11.1. The molecule has 0 unspecified atom stereocenters. The van der Waals surface area contributed by atoms with Crippen molar-refractivity contribution in [2.24, 2.45) is 22.7 Å². The van der Waals surface area contributed by atoms with Crippen molar-refractivity contribution in [3.05, 3.63) is 0 Å². The van der Waals surface area contributed by atoms with Gasteiger partial charge >= 0.3 is 0 Å². The summed E-state index contributed by atoms with van der Waals surface area (Å²) < 4.78 is 0. The summed E-state index contributed by atoms with van der Waals surface area (Å²) in [6, 6.07) is 0. The quantitative estimate of drug-likeness (QED) is 0.816. The second-order valence-corrected chi connectivity index (χ2v) is 8.78. The van der Waals surface area contributed by atoms with Crippen molar-refractivity contribution < 1.29 is 10.2 Å². The molecule has 2 fully saturated rings. The van der Waals surface area contributed by atoms with Crippen LogP contribution in [0.25, 0.3) is 0 Å². The molecule has 0 aliphatic heterocycles. The third-order valence-corrected chi connectivity index (χ3v) is 6.63. The average molecular weight is 282 g/mol. The lowest BCUT2D eigenvalue weighted by Gasteiger charge is -2.61. The molecule has 2 aliphatic carbocycles. The van der Waals surface area contributed by atoms with E-state index in [-0.39, 0.29) is 11.5 Å². The molecule has 2 nitrogen and oxygen atoms in total. The maximum Gasteiger partial charge on any atom is 0.0653 e. The topological polar surface area (TPSA) is 40.5 Å². The minimum atomic E-state index is -0.562. The van der Waals surface area contributed by atoms with E-state index >= 15 is 0 Å². The minimum absolute atomic E-state index is 0.235. The van der Waals surface area contributed by atoms with Crippen molar-refractivity contribution in [1.82, 2.24) is 0 Å². The third kappa shape index (κ3) is 2.78. The fourth-order valence-corrected chi connectivity index (χ4v) is 5.67. The van der Waals surface area contributed by atoms with E-state index in [0.717, 1.165) is 25.7 Å². The van der Waals surface area contributed by atoms with Gasteiger partial charge in [-0.05, 0) is 75.0 Å². The summed E-state index contributed by atoms with van der Waals surface area (Å²) in [5, 5.41) is 20.6. The standard InChI is InChI=1S/C18H34O2/c1-13(19)7-8-15-17(4)11-6-10-16(2,3)14(17)9-12-18(15,5)20/h13-15,19-20H,6-12H2,1-5H3/t13-,14+,15-,17+,18-/m1/s1. The molecule has 2 saturated carbocycles. The largest absolute Gasteiger partial charge is 0.393 e. The van der Waals surface area contributed by atoms with Crippen molar-refractivity contribution in [3.8, 4) is 0 Å². The van der Waals surface area contributed by atoms with Crippen LogP contribution in [0, 0.1) is 22.7 Å². The maximum atomic E-state index is 10.9. The minimum Gasteiger partial charge on any atom is -0.393 e. The van der Waals surface area contributed by atoms with Crippen LogP contribution in [0.4, 0.5) is 0 Å². The molecule has 2 heteroatoms. The van der Waals surface area contributed by atoms with Crippen molar-refractivity contribution in [1.29, 1.82) is 0 Å². The van der Waals surface area contributed by atoms with E-state index in [1.807, 2.05) is 13.8 Å². The zero-order valence-corrected chi connectivity index (χ0v) is 14.1. The highest BCUT2D eigenvalue weighted by molar-refractivity contribution is 5.07. The summed E-state index contributed by atoms with van der Waals surface area (Å²) in [6.07, 6.45) is 7.41. The molecule has 0 saturated heterocycles. The van der Waals surface area contributed by atoms with Gasteiger partial charge in [-0.15, -0.1) is 0 Å². The number of fused-ring (bicyclic) bond motifs is 1. The van der Waals surface area contributed by atoms with Crippen LogP contribution in [0.5, 0.6) is 0 Å². The summed E-state index contributed by atoms with van der Waals surface area (Å²) in [5.74, 6) is 1.03. The molecular formula is C18H34O2. The first-order valence-corrected chi connectivity index (χ1v) is 8.50. The monoisotopic (exact) mass is 282 g/mol. The molecular weight excluding hydrogens is 248 g/mol. The van der Waals surface area contributed by atoms with E-state index in [1.165, 1.54) is 19.3 Å². The molecule has 0 aromatic rings. The van der Waals surface area contributed by atoms with Gasteiger partial charge in [0, 0.05) is 0 Å². The Kier molecular flexibility index (Phi) is 4.30. The first-order valence-electron chi connectivity index (χ1n) is 8.50. The number of aliphatic hydroxyl groups is 2. The van der Waals surface area contributed by atoms with Gasteiger partial charge in [0.2, 0.25) is 0 Å². The van der Waals surface area contributed by atoms with Crippen molar-refractivity contribution in [2.45, 2.75) is 91.3 Å². The predicted octanol–water partition coefficient (Wildman–Crippen LogP) is 4.14. The summed E-state index contributed by atoms with van der Waals surface area (Å²) in [7, 11) is 0. The molecule has 2 aliphatic rings. The second kappa shape index (κ2) is 5.28. The molecule has 0 amide bonds. The molecule has 2 N–H and O–H groups in total. The van der Waals surface area contributed by atoms with Crippen LogP contribution < -0.4 is 0 Å². The lowest BCUT2D eigenvalue weighted by atomic mass is 9.45. The van der Waals surface area contributed by atoms with E-state index in [9.17, 15) is 10.2 Å². The molecule has 0 bridgehead atoms. The fourth-order valence-electron chi connectivity index (χ4n) is 5.67. The Balaban J connectivity index is 2.28. The van der Waals surface area contributed by atoms with Gasteiger partial charge in [0.15, 0.2) is 0 Å². The molecule has 0 aromatic carbocycles. The number of hydrogen-bond acceptors (Lipinski definition) is 2. The Hall–Kier alpha value is -0.0800. The van der Waals surface area contributed by atoms with Crippen LogP contribution in [0.1, 0.15) is 79.6 Å². The van der Waals surface area contributed by atoms with E-state index in [1.54, 1.807) is 0 Å². The summed E-state index contributed by atoms with van der Waals surface area (Å²) >= 11 is 0. The van der Waals surface area contributed by atoms with Gasteiger partial charge in [-0.3, -0.25) is 0 Å². The molecule has 0 aromatic heterocycles. The van der Waals surface area contributed by atoms with Crippen LogP contribution in [-0.4, -0.2) is 21.9 Å². The molecule has 20 heavy (non-hydrogen) atoms. The smallest absolute Gasteiger partial charge is 0.0653 e. The van der Waals surface area contributed by atoms with Crippen LogP contribution >= 0.6 is 0 Å². The first kappa shape index (κ1) is 16.3. The lowest BCUT2D eigenvalue weighted by Crippen LogP contribution is -2.57. The maximum absolute atomic E-state index is 10.9. The average Bonchev–Trinajstić information content (AvgIpc) is 2.25. The summed E-state index contributed by atoms with van der Waals surface area (Å²) in [4.78, 5) is 0. The van der Waals surface area contributed by atoms with E-state index in [0.29, 0.717) is 17.3 Å². The third-order valence-electron chi connectivity index (χ3n) is 6.63. The molecule has 118 valence electrons. The highest BCUT2D eigenvalue weighted by atomic mass is 16.3. The van der Waals surface area contributed by atoms with Gasteiger partial charge in [0.1, 0.15) is 0 Å². The predicted molar refractivity (Wildman–Crippen MR) is 83.5 cm³/mol. The Labute approximate surface area is 125 Å². The van der Waals surface area contributed by atoms with Gasteiger partial charge in [0.05, 0.1) is 11.7 Å². The molecule has 2 rings (SSSR count). The van der Waals surface area contributed by atoms with Gasteiger partial charge in [-0.25, -0.2) is 0 Å². The number of hydrogen-bond donors (Lipinski definition) is 2. The SMILES string of the molecule is C[C@@H](O)CC[C@@H]1[C@@]2(C)CCCC(C)(C)[C@@H]2CC[C@@]1(C)O. The molecule has 0 spiro atoms. The van der Waals surface area contributed by atoms with Gasteiger partial charge in [-0.2, -0.15) is 0 Å². The normalized spacial score (nSPS) is 45.8. The van der Waals surface area contributed by atoms with Crippen LogP contribution in [0.15, 0.2) is 0 Å². The van der Waals surface area contributed by atoms with Crippen molar-refractivity contribution in [3.63, 3.8) is 0 Å². The van der Waals surface area contributed by atoms with Gasteiger partial charge in [0.25, 0.3) is 0 Å². The Bertz CT molecular complexity index is 345. The number of aliphatic hydroxyl groups excluding tert-OH is 1. The Morgan fingerprint density at radius 3 is 2.35 bits per heavy atom. The summed E-state index contributed by atoms with van der Waals surface area (Å²) in [5.41, 5.74) is 0.0680. The van der Waals surface area contributed by atoms with Crippen LogP contribution in [0.2, 0.25) is 0 Å². The van der Waals surface area contributed by atoms with E-state index < -0.39 is 5.60 Å². The number of rotatable bonds is 3. The van der Waals surface area contributed by atoms with Crippen molar-refractivity contribution >= 4 is 0 Å². The molecule has 0 radical (unpaired) electrons. The Morgan fingerprint density at radius 2 is 1.75 bits per heavy atom. The van der Waals surface area contributed by atoms with Gasteiger partial charge < -0.3 is 10.2 Å². The van der Waals surface area contributed by atoms with Crippen molar-refractivity contribution in [2.75, 3.05) is 0 Å². The first-order chi connectivity index (χ1) is 9.09. The van der Waals surface area contributed by atoms with Crippen LogP contribution in [0.3, 0.4) is 0 Å². The zero-order valence-electron chi connectivity index (χ0n) is 14.1. The zero-order chi connectivity index (χ0) is 15.2.